The Morgan fingerprint density at radius 2 is 1.77 bits per heavy atom. The fourth-order valence-electron chi connectivity index (χ4n) is 4.24. The molecule has 0 radical (unpaired) electrons. The number of rotatable bonds is 3. The molecular formula is C24H20N4O3. The molecule has 1 fully saturated rings. The van der Waals surface area contributed by atoms with Crippen molar-refractivity contribution >= 4 is 28.4 Å². The van der Waals surface area contributed by atoms with E-state index in [1.165, 1.54) is 10.5 Å². The normalized spacial score (nSPS) is 18.7. The Kier molecular flexibility index (Phi) is 4.15. The van der Waals surface area contributed by atoms with Crippen LogP contribution in [0.15, 0.2) is 71.7 Å². The molecule has 3 heterocycles. The van der Waals surface area contributed by atoms with E-state index in [-0.39, 0.29) is 18.0 Å². The van der Waals surface area contributed by atoms with Crippen molar-refractivity contribution in [2.75, 3.05) is 0 Å². The Bertz CT molecular complexity index is 1440. The van der Waals surface area contributed by atoms with Crippen LogP contribution in [-0.2, 0) is 16.9 Å². The number of hydrogen-bond acceptors (Lipinski definition) is 4. The summed E-state index contributed by atoms with van der Waals surface area (Å²) in [6.07, 6.45) is 1.65. The van der Waals surface area contributed by atoms with E-state index in [4.69, 9.17) is 0 Å². The van der Waals surface area contributed by atoms with Gasteiger partial charge in [-0.1, -0.05) is 48.5 Å². The van der Waals surface area contributed by atoms with Crippen molar-refractivity contribution in [2.24, 2.45) is 0 Å². The van der Waals surface area contributed by atoms with Crippen LogP contribution in [-0.4, -0.2) is 26.2 Å². The van der Waals surface area contributed by atoms with Crippen LogP contribution in [0.25, 0.3) is 16.4 Å². The molecule has 0 bridgehead atoms. The third-order valence-corrected chi connectivity index (χ3v) is 5.86. The minimum absolute atomic E-state index is 0.0783. The lowest BCUT2D eigenvalue weighted by Crippen LogP contribution is -2.41. The van der Waals surface area contributed by atoms with E-state index in [1.807, 2.05) is 55.5 Å². The molecule has 0 aliphatic carbocycles. The van der Waals surface area contributed by atoms with Gasteiger partial charge in [-0.05, 0) is 41.8 Å². The van der Waals surface area contributed by atoms with Crippen LogP contribution in [0, 0.1) is 6.92 Å². The summed E-state index contributed by atoms with van der Waals surface area (Å²) in [6, 6.07) is 17.9. The summed E-state index contributed by atoms with van der Waals surface area (Å²) in [7, 11) is 0. The summed E-state index contributed by atoms with van der Waals surface area (Å²) in [5.74, 6) is -0.374. The van der Waals surface area contributed by atoms with Crippen molar-refractivity contribution in [3.05, 3.63) is 94.0 Å². The standard InChI is InChI=1S/C24H20N4O3/c1-15-7-6-12-27-20(29)13-17(25-21(15)27)14-28-22(30)24(2,26-23(28)31)19-11-5-9-16-8-3-4-10-18(16)19/h3-13H,14H2,1-2H3,(H,26,31)/t24-/m1/s1. The number of carbonyl (C=O) groups excluding carboxylic acids is 2. The Balaban J connectivity index is 1.55. The Hall–Kier alpha value is -4.00. The third-order valence-electron chi connectivity index (χ3n) is 5.86. The molecule has 0 saturated carbocycles. The Morgan fingerprint density at radius 3 is 2.61 bits per heavy atom. The summed E-state index contributed by atoms with van der Waals surface area (Å²) in [4.78, 5) is 44.4. The maximum Gasteiger partial charge on any atom is 0.325 e. The molecule has 31 heavy (non-hydrogen) atoms. The molecule has 3 amide bonds. The second-order valence-electron chi connectivity index (χ2n) is 7.94. The Morgan fingerprint density at radius 1 is 1.00 bits per heavy atom. The topological polar surface area (TPSA) is 83.8 Å². The summed E-state index contributed by atoms with van der Waals surface area (Å²) >= 11 is 0. The molecule has 0 spiro atoms. The number of aryl methyl sites for hydroxylation is 1. The first-order chi connectivity index (χ1) is 14.9. The number of carbonyl (C=O) groups is 2. The molecule has 0 unspecified atom stereocenters. The zero-order valence-electron chi connectivity index (χ0n) is 17.1. The van der Waals surface area contributed by atoms with E-state index in [0.717, 1.165) is 26.8 Å². The number of imide groups is 1. The van der Waals surface area contributed by atoms with Gasteiger partial charge in [-0.25, -0.2) is 9.78 Å². The van der Waals surface area contributed by atoms with E-state index in [2.05, 4.69) is 10.3 Å². The molecule has 1 saturated heterocycles. The summed E-state index contributed by atoms with van der Waals surface area (Å²) in [5, 5.41) is 4.74. The monoisotopic (exact) mass is 412 g/mol. The van der Waals surface area contributed by atoms with Gasteiger partial charge >= 0.3 is 6.03 Å². The molecule has 1 aliphatic heterocycles. The highest BCUT2D eigenvalue weighted by Crippen LogP contribution is 2.34. The molecule has 5 rings (SSSR count). The first-order valence-electron chi connectivity index (χ1n) is 9.99. The van der Waals surface area contributed by atoms with Gasteiger partial charge in [-0.3, -0.25) is 18.9 Å². The number of fused-ring (bicyclic) bond motifs is 2. The number of amides is 3. The van der Waals surface area contributed by atoms with Crippen LogP contribution in [0.4, 0.5) is 4.79 Å². The van der Waals surface area contributed by atoms with Crippen molar-refractivity contribution in [1.82, 2.24) is 19.6 Å². The first-order valence-corrected chi connectivity index (χ1v) is 9.99. The zero-order chi connectivity index (χ0) is 21.8. The smallest absolute Gasteiger partial charge is 0.319 e. The highest BCUT2D eigenvalue weighted by molar-refractivity contribution is 6.09. The van der Waals surface area contributed by atoms with E-state index in [1.54, 1.807) is 19.2 Å². The molecular weight excluding hydrogens is 392 g/mol. The lowest BCUT2D eigenvalue weighted by molar-refractivity contribution is -0.131. The van der Waals surface area contributed by atoms with Gasteiger partial charge < -0.3 is 5.32 Å². The molecule has 154 valence electrons. The summed E-state index contributed by atoms with van der Waals surface area (Å²) in [6.45, 7) is 3.49. The van der Waals surface area contributed by atoms with E-state index >= 15 is 0 Å². The van der Waals surface area contributed by atoms with Crippen LogP contribution in [0.3, 0.4) is 0 Å². The van der Waals surface area contributed by atoms with Gasteiger partial charge in [-0.2, -0.15) is 0 Å². The molecule has 7 heteroatoms. The highest BCUT2D eigenvalue weighted by atomic mass is 16.2. The maximum absolute atomic E-state index is 13.4. The predicted octanol–water partition coefficient (Wildman–Crippen LogP) is 3.12. The van der Waals surface area contributed by atoms with Gasteiger partial charge in [0.05, 0.1) is 12.2 Å². The largest absolute Gasteiger partial charge is 0.325 e. The first kappa shape index (κ1) is 19.0. The van der Waals surface area contributed by atoms with Gasteiger partial charge in [0, 0.05) is 12.3 Å². The average molecular weight is 412 g/mol. The fraction of sp³-hybridized carbons (Fsp3) is 0.167. The molecule has 1 atom stereocenters. The van der Waals surface area contributed by atoms with Crippen LogP contribution in [0.2, 0.25) is 0 Å². The number of hydrogen-bond donors (Lipinski definition) is 1. The molecule has 1 N–H and O–H groups in total. The number of pyridine rings is 1. The van der Waals surface area contributed by atoms with Crippen molar-refractivity contribution < 1.29 is 9.59 Å². The van der Waals surface area contributed by atoms with Crippen LogP contribution in [0.5, 0.6) is 0 Å². The van der Waals surface area contributed by atoms with Crippen molar-refractivity contribution in [3.63, 3.8) is 0 Å². The summed E-state index contributed by atoms with van der Waals surface area (Å²) in [5.41, 5.74) is 0.972. The molecule has 4 aromatic rings. The van der Waals surface area contributed by atoms with Gasteiger partial charge in [-0.15, -0.1) is 0 Å². The molecule has 2 aromatic heterocycles. The van der Waals surface area contributed by atoms with Crippen LogP contribution in [0.1, 0.15) is 23.7 Å². The van der Waals surface area contributed by atoms with E-state index in [9.17, 15) is 14.4 Å². The van der Waals surface area contributed by atoms with Gasteiger partial charge in [0.2, 0.25) is 0 Å². The van der Waals surface area contributed by atoms with Crippen LogP contribution >= 0.6 is 0 Å². The quantitative estimate of drug-likeness (QED) is 0.524. The lowest BCUT2D eigenvalue weighted by atomic mass is 9.88. The van der Waals surface area contributed by atoms with Gasteiger partial charge in [0.25, 0.3) is 11.5 Å². The van der Waals surface area contributed by atoms with Gasteiger partial charge in [0.1, 0.15) is 11.2 Å². The zero-order valence-corrected chi connectivity index (χ0v) is 17.1. The molecule has 1 aliphatic rings. The fourth-order valence-corrected chi connectivity index (χ4v) is 4.24. The van der Waals surface area contributed by atoms with E-state index in [0.29, 0.717) is 11.3 Å². The second kappa shape index (κ2) is 6.77. The van der Waals surface area contributed by atoms with Crippen LogP contribution < -0.4 is 10.9 Å². The average Bonchev–Trinajstić information content (AvgIpc) is 2.98. The van der Waals surface area contributed by atoms with Crippen molar-refractivity contribution in [2.45, 2.75) is 25.9 Å². The Labute approximate surface area is 177 Å². The number of aromatic nitrogens is 2. The minimum atomic E-state index is -1.21. The lowest BCUT2D eigenvalue weighted by Gasteiger charge is -2.24. The number of urea groups is 1. The number of nitrogens with one attached hydrogen (secondary N) is 1. The number of nitrogens with zero attached hydrogens (tertiary/aromatic N) is 3. The van der Waals surface area contributed by atoms with Crippen molar-refractivity contribution in [3.8, 4) is 0 Å². The predicted molar refractivity (Wildman–Crippen MR) is 117 cm³/mol. The van der Waals surface area contributed by atoms with Crippen molar-refractivity contribution in [1.29, 1.82) is 0 Å². The van der Waals surface area contributed by atoms with Gasteiger partial charge in [0.15, 0.2) is 0 Å². The summed E-state index contributed by atoms with van der Waals surface area (Å²) < 4.78 is 1.45. The number of benzene rings is 2. The van der Waals surface area contributed by atoms with E-state index < -0.39 is 11.6 Å². The minimum Gasteiger partial charge on any atom is -0.319 e. The SMILES string of the molecule is Cc1cccn2c(=O)cc(CN3C(=O)N[C@](C)(c4cccc5ccccc45)C3=O)nc12. The maximum atomic E-state index is 13.4. The molecule has 2 aromatic carbocycles. The molecule has 7 nitrogen and oxygen atoms in total. The third kappa shape index (κ3) is 2.89. The second-order valence-corrected chi connectivity index (χ2v) is 7.94. The highest BCUT2D eigenvalue weighted by Gasteiger charge is 2.49.